The van der Waals surface area contributed by atoms with E-state index in [1.54, 1.807) is 12.5 Å². The van der Waals surface area contributed by atoms with E-state index in [1.807, 2.05) is 38.6 Å². The molecule has 0 spiro atoms. The van der Waals surface area contributed by atoms with Crippen LogP contribution in [0, 0.1) is 23.7 Å². The van der Waals surface area contributed by atoms with Crippen molar-refractivity contribution >= 4 is 114 Å². The summed E-state index contributed by atoms with van der Waals surface area (Å²) in [6.45, 7) is 34.5. The van der Waals surface area contributed by atoms with Crippen molar-refractivity contribution in [1.82, 2.24) is 86.1 Å². The van der Waals surface area contributed by atoms with Crippen LogP contribution in [0.2, 0.25) is 0 Å². The van der Waals surface area contributed by atoms with Gasteiger partial charge in [0.25, 0.3) is 0 Å². The number of fused-ring (bicyclic) bond motifs is 8. The molecule has 27 nitrogen and oxygen atoms in total. The van der Waals surface area contributed by atoms with Crippen molar-refractivity contribution in [2.75, 3.05) is 142 Å². The molecule has 10 N–H and O–H groups in total. The average Bonchev–Trinajstić information content (AvgIpc) is 1.48. The second-order valence-corrected chi connectivity index (χ2v) is 38.4. The minimum absolute atomic E-state index is 0.0637. The number of carbonyl (C=O) groups is 10. The van der Waals surface area contributed by atoms with Crippen LogP contribution in [0.4, 0.5) is 14.4 Å². The Labute approximate surface area is 771 Å². The van der Waals surface area contributed by atoms with Gasteiger partial charge in [0.1, 0.15) is 23.1 Å². The Bertz CT molecular complexity index is 5100. The van der Waals surface area contributed by atoms with Gasteiger partial charge in [-0.3, -0.25) is 67.9 Å². The Hall–Kier alpha value is -9.65. The molecule has 4 aromatic carbocycles. The van der Waals surface area contributed by atoms with Gasteiger partial charge >= 0.3 is 18.1 Å². The highest BCUT2D eigenvalue weighted by Gasteiger charge is 2.49. The largest absolute Gasteiger partial charge is 0.361 e. The van der Waals surface area contributed by atoms with Gasteiger partial charge in [0, 0.05) is 188 Å². The number of hydrogen-bond acceptors (Lipinski definition) is 18. The lowest BCUT2D eigenvalue weighted by Crippen LogP contribution is -2.55. The van der Waals surface area contributed by atoms with Crippen LogP contribution in [-0.4, -0.2) is 280 Å². The van der Waals surface area contributed by atoms with Crippen LogP contribution >= 0.6 is 11.8 Å². The molecular formula is C102H143N17O10S. The second-order valence-electron chi connectivity index (χ2n) is 37.4. The number of nitrogens with one attached hydrogen (secondary N) is 10. The van der Waals surface area contributed by atoms with Crippen molar-refractivity contribution in [3.63, 3.8) is 0 Å². The number of Topliss-reactive ketones (excluding diaryl/α,β-unsaturated/α-hetero) is 4. The van der Waals surface area contributed by atoms with Crippen LogP contribution in [0.15, 0.2) is 110 Å². The molecule has 9 amide bonds. The third kappa shape index (κ3) is 23.1. The van der Waals surface area contributed by atoms with Crippen molar-refractivity contribution in [3.05, 3.63) is 155 Å². The fourth-order valence-corrected chi connectivity index (χ4v) is 23.5. The van der Waals surface area contributed by atoms with E-state index in [2.05, 4.69) is 196 Å². The van der Waals surface area contributed by atoms with E-state index in [0.717, 1.165) is 86.8 Å². The summed E-state index contributed by atoms with van der Waals surface area (Å²) in [6.07, 6.45) is 23.2. The van der Waals surface area contributed by atoms with E-state index in [4.69, 9.17) is 0 Å². The summed E-state index contributed by atoms with van der Waals surface area (Å²) in [5.41, 5.74) is 15.8. The summed E-state index contributed by atoms with van der Waals surface area (Å²) in [7, 11) is 0. The number of thioether (sulfide) groups is 1. The van der Waals surface area contributed by atoms with Crippen molar-refractivity contribution in [3.8, 4) is 0 Å². The summed E-state index contributed by atoms with van der Waals surface area (Å²) < 4.78 is 0. The number of urea groups is 3. The molecule has 4 aromatic heterocycles. The maximum atomic E-state index is 13.8. The van der Waals surface area contributed by atoms with Crippen molar-refractivity contribution < 1.29 is 47.9 Å². The van der Waals surface area contributed by atoms with Crippen LogP contribution in [0.25, 0.3) is 43.6 Å². The Morgan fingerprint density at radius 3 is 1.00 bits per heavy atom. The topological polar surface area (TPSA) is 329 Å². The first kappa shape index (κ1) is 97.9. The maximum Gasteiger partial charge on any atom is 0.324 e. The molecule has 16 rings (SSSR count). The van der Waals surface area contributed by atoms with Crippen LogP contribution < -0.4 is 31.9 Å². The molecule has 0 radical (unpaired) electrons. The number of ketones is 4. The average molecular weight is 1800 g/mol. The molecule has 8 aliphatic rings. The molecule has 0 saturated carbocycles. The fourth-order valence-electron chi connectivity index (χ4n) is 22.5. The Morgan fingerprint density at radius 2 is 0.708 bits per heavy atom. The Kier molecular flexibility index (Phi) is 35.1. The zero-order chi connectivity index (χ0) is 92.2. The lowest BCUT2D eigenvalue weighted by molar-refractivity contribution is -0.136. The second kappa shape index (κ2) is 46.6. The number of hydrogen-bond donors (Lipinski definition) is 10. The molecule has 4 aliphatic carbocycles. The van der Waals surface area contributed by atoms with Gasteiger partial charge in [0.2, 0.25) is 17.7 Å². The van der Waals surface area contributed by atoms with E-state index in [0.29, 0.717) is 172 Å². The third-order valence-corrected chi connectivity index (χ3v) is 29.2. The predicted octanol–water partition coefficient (Wildman–Crippen LogP) is 13.1. The van der Waals surface area contributed by atoms with Gasteiger partial charge in [-0.1, -0.05) is 75.4 Å². The van der Waals surface area contributed by atoms with Gasteiger partial charge in [0.05, 0.1) is 43.1 Å². The number of H-pyrrole nitrogens is 4. The fraction of sp³-hybridized carbons (Fsp3) is 0.569. The van der Waals surface area contributed by atoms with Crippen molar-refractivity contribution in [2.24, 2.45) is 23.7 Å². The molecule has 4 aliphatic heterocycles. The van der Waals surface area contributed by atoms with Crippen LogP contribution in [0.1, 0.15) is 202 Å². The molecule has 4 fully saturated rings. The molecule has 28 heteroatoms. The van der Waals surface area contributed by atoms with Crippen molar-refractivity contribution in [2.45, 2.75) is 207 Å². The lowest BCUT2D eigenvalue weighted by Gasteiger charge is -2.47. The van der Waals surface area contributed by atoms with Gasteiger partial charge in [0.15, 0.2) is 0 Å². The number of aromatic nitrogens is 4. The predicted molar refractivity (Wildman–Crippen MR) is 519 cm³/mol. The lowest BCUT2D eigenvalue weighted by atomic mass is 9.72. The summed E-state index contributed by atoms with van der Waals surface area (Å²) >= 11 is 1.82. The molecule has 4 saturated heterocycles. The quantitative estimate of drug-likeness (QED) is 0.0129. The van der Waals surface area contributed by atoms with Gasteiger partial charge in [-0.25, -0.2) is 14.4 Å². The number of likely N-dealkylation sites (tertiary alicyclic amines) is 4. The SMILES string of the molecule is C=CCN1C[C@H](C(=O)N(CCCNCC(C)=O)C(=O)NCC)C[C@@H]2c3cccc4[nH]cc(c34)C[C@H]21.CCCN1C[C@H](C(=O)N(CCCNCC(C)=O)C(=O)NCC)C[C@@H]2c3cccc4[nH]cc(c34)C[C@H]21.CCCN1C[C@H](C(=O)N(CCCNCC(C)=O)C(=O)NCC)C[C@@H]2c3cccc4[nH]cc(c34)C[C@H]21.CCCN1C[C@H](CSCC(C)=O)C[C@@H]2c3cccc4[nH]cc(c34)C[C@H]21. The van der Waals surface area contributed by atoms with E-state index < -0.39 is 0 Å². The first-order valence-electron chi connectivity index (χ1n) is 48.4. The number of rotatable bonds is 36. The molecule has 12 atom stereocenters. The van der Waals surface area contributed by atoms with Crippen LogP contribution in [0.5, 0.6) is 0 Å². The number of piperidine rings is 4. The summed E-state index contributed by atoms with van der Waals surface area (Å²) in [4.78, 5) is 153. The number of nitrogens with zero attached hydrogens (tertiary/aromatic N) is 7. The molecule has 8 heterocycles. The van der Waals surface area contributed by atoms with Gasteiger partial charge < -0.3 is 51.8 Å². The maximum absolute atomic E-state index is 13.8. The number of benzene rings is 4. The monoisotopic (exact) mass is 1800 g/mol. The van der Waals surface area contributed by atoms with E-state index >= 15 is 0 Å². The highest BCUT2D eigenvalue weighted by molar-refractivity contribution is 7.99. The first-order chi connectivity index (χ1) is 63.0. The highest BCUT2D eigenvalue weighted by Crippen LogP contribution is 2.50. The summed E-state index contributed by atoms with van der Waals surface area (Å²) in [6, 6.07) is 26.7. The van der Waals surface area contributed by atoms with Crippen molar-refractivity contribution in [1.29, 1.82) is 0 Å². The molecule has 130 heavy (non-hydrogen) atoms. The third-order valence-electron chi connectivity index (χ3n) is 27.8. The number of aromatic amines is 4. The molecule has 0 bridgehead atoms. The van der Waals surface area contributed by atoms with Crippen LogP contribution in [-0.2, 0) is 59.2 Å². The van der Waals surface area contributed by atoms with E-state index in [1.165, 1.54) is 134 Å². The summed E-state index contributed by atoms with van der Waals surface area (Å²) in [5.74, 6) is 3.31. The van der Waals surface area contributed by atoms with Crippen LogP contribution in [0.3, 0.4) is 0 Å². The number of carbonyl (C=O) groups excluding carboxylic acids is 10. The molecule has 0 unspecified atom stereocenters. The normalized spacial score (nSPS) is 22.3. The number of imide groups is 3. The highest BCUT2D eigenvalue weighted by atomic mass is 32.2. The van der Waals surface area contributed by atoms with E-state index in [9.17, 15) is 47.9 Å². The minimum Gasteiger partial charge on any atom is -0.361 e. The Morgan fingerprint density at radius 1 is 0.408 bits per heavy atom. The zero-order valence-corrected chi connectivity index (χ0v) is 79.3. The van der Waals surface area contributed by atoms with E-state index in [-0.39, 0.29) is 88.7 Å². The smallest absolute Gasteiger partial charge is 0.324 e. The molecule has 702 valence electrons. The number of amides is 9. The summed E-state index contributed by atoms with van der Waals surface area (Å²) in [5, 5.41) is 23.1. The zero-order valence-electron chi connectivity index (χ0n) is 78.5. The van der Waals surface area contributed by atoms with Gasteiger partial charge in [-0.05, 0) is 258 Å². The van der Waals surface area contributed by atoms with Gasteiger partial charge in [-0.2, -0.15) is 11.8 Å². The first-order valence-corrected chi connectivity index (χ1v) is 49.5. The standard InChI is InChI=1S/2C27H39N5O3.C27H37N5O3.C21H28N2OS/c3*1-4-11-31-17-20(26(34)32(27(35)29-5-2)12-7-10-28-15-18(3)33)13-22-21-8-6-9-23-25(21)19(16-30-23)14-24(22)31;1-3-7-23-11-15(13-25-12-14(2)24)8-18-17-5-4-6-19-21(17)16(10-22-19)9-20(18)23/h2*6,8-9,16,20,22,24,28,30H,4-5,7,10-15,17H2,1-3H3,(H,29,35);4,6,8-9,16,20,22,24,28,30H,1,5,7,10-15,17H2,2-3H3,(H,29,35);4-6,10,15,18,20,22H,3,7-9,11-13H2,1-2H3/t3*20-,22-,24-;15-,18-,20-/m1111/s1. The minimum atomic E-state index is -0.347. The molecular weight excluding hydrogens is 1660 g/mol. The Balaban J connectivity index is 0.000000149. The van der Waals surface area contributed by atoms with Gasteiger partial charge in [-0.15, -0.1) is 6.58 Å². The molecule has 8 aromatic rings.